The van der Waals surface area contributed by atoms with E-state index in [4.69, 9.17) is 4.52 Å². The fourth-order valence-corrected chi connectivity index (χ4v) is 3.83. The van der Waals surface area contributed by atoms with Crippen molar-refractivity contribution in [3.63, 3.8) is 0 Å². The summed E-state index contributed by atoms with van der Waals surface area (Å²) >= 11 is 3.06. The average Bonchev–Trinajstić information content (AvgIpc) is 3.31. The summed E-state index contributed by atoms with van der Waals surface area (Å²) in [4.78, 5) is 14.5. The van der Waals surface area contributed by atoms with Crippen LogP contribution in [0.5, 0.6) is 0 Å². The molecule has 25 heavy (non-hydrogen) atoms. The van der Waals surface area contributed by atoms with Crippen molar-refractivity contribution in [3.05, 3.63) is 40.4 Å². The first-order chi connectivity index (χ1) is 12.0. The van der Waals surface area contributed by atoms with Crippen LogP contribution in [0.2, 0.25) is 0 Å². The molecule has 1 unspecified atom stereocenters. The van der Waals surface area contributed by atoms with Crippen molar-refractivity contribution in [2.24, 2.45) is 0 Å². The third-order valence-corrected chi connectivity index (χ3v) is 5.86. The summed E-state index contributed by atoms with van der Waals surface area (Å²) in [6.07, 6.45) is 0. The van der Waals surface area contributed by atoms with Gasteiger partial charge in [-0.25, -0.2) is 9.50 Å². The van der Waals surface area contributed by atoms with E-state index in [1.807, 2.05) is 45.2 Å². The number of thioether (sulfide) groups is 1. The lowest BCUT2D eigenvalue weighted by molar-refractivity contribution is 0.381. The minimum atomic E-state index is -0.0545. The van der Waals surface area contributed by atoms with Crippen molar-refractivity contribution in [3.8, 4) is 10.7 Å². The Bertz CT molecular complexity index is 1040. The van der Waals surface area contributed by atoms with E-state index in [1.165, 1.54) is 11.8 Å². The SMILES string of the molecule is Cc1nc2nc(SC(C)c3nc(-c4cccs4)no3)nn2c(C)c1C. The fourth-order valence-electron chi connectivity index (χ4n) is 2.40. The summed E-state index contributed by atoms with van der Waals surface area (Å²) in [6, 6.07) is 3.94. The fraction of sp³-hybridized carbons (Fsp3) is 0.312. The van der Waals surface area contributed by atoms with Gasteiger partial charge in [0.05, 0.1) is 10.1 Å². The largest absolute Gasteiger partial charge is 0.338 e. The number of hydrogen-bond donors (Lipinski definition) is 0. The summed E-state index contributed by atoms with van der Waals surface area (Å²) in [5.41, 5.74) is 3.14. The van der Waals surface area contributed by atoms with Crippen LogP contribution in [0.15, 0.2) is 27.2 Å². The summed E-state index contributed by atoms with van der Waals surface area (Å²) < 4.78 is 7.19. The minimum absolute atomic E-state index is 0.0545. The average molecular weight is 372 g/mol. The van der Waals surface area contributed by atoms with Gasteiger partial charge in [-0.1, -0.05) is 23.0 Å². The lowest BCUT2D eigenvalue weighted by Crippen LogP contribution is -2.02. The van der Waals surface area contributed by atoms with Gasteiger partial charge >= 0.3 is 0 Å². The van der Waals surface area contributed by atoms with E-state index in [0.717, 1.165) is 21.8 Å². The van der Waals surface area contributed by atoms with E-state index in [2.05, 4.69) is 25.2 Å². The molecule has 0 aliphatic carbocycles. The second-order valence-corrected chi connectivity index (χ2v) is 7.96. The van der Waals surface area contributed by atoms with Gasteiger partial charge < -0.3 is 4.52 Å². The summed E-state index contributed by atoms with van der Waals surface area (Å²) in [6.45, 7) is 8.05. The van der Waals surface area contributed by atoms with Gasteiger partial charge in [0.2, 0.25) is 16.9 Å². The molecular weight excluding hydrogens is 356 g/mol. The second-order valence-electron chi connectivity index (χ2n) is 5.71. The Morgan fingerprint density at radius 1 is 1.20 bits per heavy atom. The van der Waals surface area contributed by atoms with Gasteiger partial charge in [0.1, 0.15) is 0 Å². The van der Waals surface area contributed by atoms with E-state index >= 15 is 0 Å². The highest BCUT2D eigenvalue weighted by molar-refractivity contribution is 7.99. The number of fused-ring (bicyclic) bond motifs is 1. The number of aryl methyl sites for hydroxylation is 2. The first-order valence-corrected chi connectivity index (χ1v) is 9.53. The van der Waals surface area contributed by atoms with Crippen LogP contribution in [0.25, 0.3) is 16.5 Å². The van der Waals surface area contributed by atoms with Crippen molar-refractivity contribution in [2.45, 2.75) is 38.1 Å². The highest BCUT2D eigenvalue weighted by Crippen LogP contribution is 2.33. The summed E-state index contributed by atoms with van der Waals surface area (Å²) in [5, 5.41) is 11.2. The zero-order valence-electron chi connectivity index (χ0n) is 14.2. The van der Waals surface area contributed by atoms with Gasteiger partial charge in [0.25, 0.3) is 5.78 Å². The van der Waals surface area contributed by atoms with Crippen molar-refractivity contribution in [1.29, 1.82) is 0 Å². The maximum Gasteiger partial charge on any atom is 0.253 e. The Labute approximate surface area is 152 Å². The maximum atomic E-state index is 5.41. The third-order valence-electron chi connectivity index (χ3n) is 4.05. The van der Waals surface area contributed by atoms with Crippen LogP contribution >= 0.6 is 23.1 Å². The molecule has 0 bridgehead atoms. The maximum absolute atomic E-state index is 5.41. The highest BCUT2D eigenvalue weighted by Gasteiger charge is 2.20. The molecule has 0 saturated heterocycles. The zero-order chi connectivity index (χ0) is 17.6. The van der Waals surface area contributed by atoms with Crippen LogP contribution in [0, 0.1) is 20.8 Å². The van der Waals surface area contributed by atoms with Crippen molar-refractivity contribution in [1.82, 2.24) is 29.7 Å². The lowest BCUT2D eigenvalue weighted by Gasteiger charge is -2.04. The second kappa shape index (κ2) is 6.23. The number of aromatic nitrogens is 6. The number of hydrogen-bond acceptors (Lipinski definition) is 8. The third kappa shape index (κ3) is 2.93. The van der Waals surface area contributed by atoms with E-state index < -0.39 is 0 Å². The molecule has 7 nitrogen and oxygen atoms in total. The molecule has 0 saturated carbocycles. The predicted octanol–water partition coefficient (Wildman–Crippen LogP) is 4.01. The lowest BCUT2D eigenvalue weighted by atomic mass is 10.2. The van der Waals surface area contributed by atoms with Crippen molar-refractivity contribution < 1.29 is 4.52 Å². The van der Waals surface area contributed by atoms with E-state index in [0.29, 0.717) is 22.6 Å². The topological polar surface area (TPSA) is 82.0 Å². The molecule has 0 fully saturated rings. The molecule has 0 amide bonds. The van der Waals surface area contributed by atoms with Crippen molar-refractivity contribution in [2.75, 3.05) is 0 Å². The Morgan fingerprint density at radius 3 is 2.80 bits per heavy atom. The molecule has 0 radical (unpaired) electrons. The van der Waals surface area contributed by atoms with E-state index in [1.54, 1.807) is 15.9 Å². The molecule has 0 N–H and O–H groups in total. The Morgan fingerprint density at radius 2 is 2.04 bits per heavy atom. The monoisotopic (exact) mass is 372 g/mol. The van der Waals surface area contributed by atoms with Crippen LogP contribution in [0.4, 0.5) is 0 Å². The summed E-state index contributed by atoms with van der Waals surface area (Å²) in [5.74, 6) is 1.79. The summed E-state index contributed by atoms with van der Waals surface area (Å²) in [7, 11) is 0. The molecule has 0 aliphatic rings. The number of rotatable bonds is 4. The van der Waals surface area contributed by atoms with Gasteiger partial charge in [-0.3, -0.25) is 0 Å². The number of thiophene rings is 1. The normalized spacial score (nSPS) is 12.8. The minimum Gasteiger partial charge on any atom is -0.338 e. The zero-order valence-corrected chi connectivity index (χ0v) is 15.9. The Balaban J connectivity index is 1.59. The standard InChI is InChI=1S/C16H16N6OS2/c1-8-9(2)17-15-19-16(20-22(15)10(8)3)25-11(4)14-18-13(21-23-14)12-6-5-7-24-12/h5-7,11H,1-4H3. The van der Waals surface area contributed by atoms with Gasteiger partial charge in [-0.2, -0.15) is 9.97 Å². The van der Waals surface area contributed by atoms with Crippen LogP contribution in [0.3, 0.4) is 0 Å². The van der Waals surface area contributed by atoms with Crippen LogP contribution in [-0.4, -0.2) is 29.7 Å². The van der Waals surface area contributed by atoms with Gasteiger partial charge in [-0.15, -0.1) is 16.4 Å². The smallest absolute Gasteiger partial charge is 0.253 e. The highest BCUT2D eigenvalue weighted by atomic mass is 32.2. The van der Waals surface area contributed by atoms with Crippen LogP contribution in [-0.2, 0) is 0 Å². The van der Waals surface area contributed by atoms with Crippen molar-refractivity contribution >= 4 is 28.9 Å². The molecule has 0 spiro atoms. The molecule has 4 aromatic rings. The van der Waals surface area contributed by atoms with E-state index in [9.17, 15) is 0 Å². The molecule has 0 aliphatic heterocycles. The molecule has 128 valence electrons. The molecule has 9 heteroatoms. The molecule has 0 aromatic carbocycles. The molecule has 1 atom stereocenters. The Kier molecular flexibility index (Phi) is 4.04. The van der Waals surface area contributed by atoms with Gasteiger partial charge in [-0.05, 0) is 44.7 Å². The van der Waals surface area contributed by atoms with Crippen LogP contribution in [0.1, 0.15) is 35.0 Å². The van der Waals surface area contributed by atoms with Crippen LogP contribution < -0.4 is 0 Å². The number of nitrogens with zero attached hydrogens (tertiary/aromatic N) is 6. The molecule has 4 heterocycles. The molecule has 4 aromatic heterocycles. The molecule has 4 rings (SSSR count). The quantitative estimate of drug-likeness (QED) is 0.500. The van der Waals surface area contributed by atoms with Gasteiger partial charge in [0.15, 0.2) is 0 Å². The first kappa shape index (κ1) is 16.2. The Hall–Kier alpha value is -2.26. The first-order valence-electron chi connectivity index (χ1n) is 7.77. The predicted molar refractivity (Wildman–Crippen MR) is 96.9 cm³/mol. The van der Waals surface area contributed by atoms with Gasteiger partial charge in [0, 0.05) is 11.4 Å². The van der Waals surface area contributed by atoms with E-state index in [-0.39, 0.29) is 5.25 Å². The molecular formula is C16H16N6OS2.